The Bertz CT molecular complexity index is 313. The van der Waals surface area contributed by atoms with E-state index in [2.05, 4.69) is 18.7 Å². The van der Waals surface area contributed by atoms with Crippen LogP contribution < -0.4 is 0 Å². The number of rotatable bonds is 6. The van der Waals surface area contributed by atoms with Crippen molar-refractivity contribution in [2.24, 2.45) is 5.92 Å². The average molecular weight is 202 g/mol. The van der Waals surface area contributed by atoms with E-state index in [1.807, 2.05) is 31.2 Å². The molecule has 0 fully saturated rings. The Morgan fingerprint density at radius 2 is 2.07 bits per heavy atom. The van der Waals surface area contributed by atoms with Crippen LogP contribution in [0.5, 0.6) is 0 Å². The number of allylic oxidation sites excluding steroid dienone is 1. The summed E-state index contributed by atoms with van der Waals surface area (Å²) in [7, 11) is 0. The number of ketones is 1. The highest BCUT2D eigenvalue weighted by atomic mass is 16.1. The Morgan fingerprint density at radius 3 is 2.67 bits per heavy atom. The predicted octanol–water partition coefficient (Wildman–Crippen LogP) is 3.40. The maximum absolute atomic E-state index is 11.7. The van der Waals surface area contributed by atoms with Gasteiger partial charge in [0.25, 0.3) is 0 Å². The smallest absolute Gasteiger partial charge is 0.136 e. The zero-order chi connectivity index (χ0) is 11.1. The summed E-state index contributed by atoms with van der Waals surface area (Å²) in [6.45, 7) is 5.62. The molecule has 15 heavy (non-hydrogen) atoms. The van der Waals surface area contributed by atoms with Gasteiger partial charge in [0, 0.05) is 12.3 Å². The van der Waals surface area contributed by atoms with Crippen LogP contribution in [0.15, 0.2) is 43.0 Å². The minimum Gasteiger partial charge on any atom is -0.299 e. The lowest BCUT2D eigenvalue weighted by Crippen LogP contribution is -2.10. The molecule has 0 heterocycles. The van der Waals surface area contributed by atoms with Crippen LogP contribution in [0.2, 0.25) is 0 Å². The van der Waals surface area contributed by atoms with E-state index in [4.69, 9.17) is 0 Å². The van der Waals surface area contributed by atoms with Gasteiger partial charge in [-0.3, -0.25) is 4.79 Å². The minimum atomic E-state index is 0.117. The standard InChI is InChI=1S/C14H18O/c1-3-7-12(2)14(15)11-10-13-8-5-4-6-9-13/h3-6,8-9,12H,1,7,10-11H2,2H3. The summed E-state index contributed by atoms with van der Waals surface area (Å²) >= 11 is 0. The van der Waals surface area contributed by atoms with Gasteiger partial charge in [-0.25, -0.2) is 0 Å². The quantitative estimate of drug-likeness (QED) is 0.646. The molecule has 1 heteroatoms. The van der Waals surface area contributed by atoms with Crippen LogP contribution in [0.25, 0.3) is 0 Å². The monoisotopic (exact) mass is 202 g/mol. The van der Waals surface area contributed by atoms with Crippen LogP contribution in [-0.2, 0) is 11.2 Å². The van der Waals surface area contributed by atoms with Crippen LogP contribution in [0, 0.1) is 5.92 Å². The van der Waals surface area contributed by atoms with Gasteiger partial charge in [0.15, 0.2) is 0 Å². The first-order valence-electron chi connectivity index (χ1n) is 5.41. The molecule has 80 valence electrons. The molecule has 1 unspecified atom stereocenters. The van der Waals surface area contributed by atoms with Crippen molar-refractivity contribution in [2.75, 3.05) is 0 Å². The summed E-state index contributed by atoms with van der Waals surface area (Å²) in [5.41, 5.74) is 1.23. The molecule has 0 N–H and O–H groups in total. The zero-order valence-corrected chi connectivity index (χ0v) is 9.28. The van der Waals surface area contributed by atoms with Crippen LogP contribution in [0.1, 0.15) is 25.3 Å². The largest absolute Gasteiger partial charge is 0.299 e. The maximum Gasteiger partial charge on any atom is 0.136 e. The van der Waals surface area contributed by atoms with Crippen molar-refractivity contribution in [2.45, 2.75) is 26.2 Å². The van der Waals surface area contributed by atoms with Crippen molar-refractivity contribution in [1.82, 2.24) is 0 Å². The summed E-state index contributed by atoms with van der Waals surface area (Å²) in [4.78, 5) is 11.7. The molecule has 0 saturated carbocycles. The lowest BCUT2D eigenvalue weighted by atomic mass is 9.97. The Morgan fingerprint density at radius 1 is 1.40 bits per heavy atom. The Hall–Kier alpha value is -1.37. The average Bonchev–Trinajstić information content (AvgIpc) is 2.27. The predicted molar refractivity (Wildman–Crippen MR) is 63.7 cm³/mol. The van der Waals surface area contributed by atoms with Gasteiger partial charge in [0.1, 0.15) is 5.78 Å². The maximum atomic E-state index is 11.7. The first-order chi connectivity index (χ1) is 7.24. The van der Waals surface area contributed by atoms with E-state index in [1.165, 1.54) is 5.56 Å². The third-order valence-corrected chi connectivity index (χ3v) is 2.57. The second-order valence-corrected chi connectivity index (χ2v) is 3.88. The molecule has 1 nitrogen and oxygen atoms in total. The molecule has 0 bridgehead atoms. The van der Waals surface area contributed by atoms with E-state index in [1.54, 1.807) is 0 Å². The highest BCUT2D eigenvalue weighted by molar-refractivity contribution is 5.81. The molecule has 1 aromatic carbocycles. The Labute approximate surface area is 91.8 Å². The number of hydrogen-bond acceptors (Lipinski definition) is 1. The first-order valence-corrected chi connectivity index (χ1v) is 5.41. The van der Waals surface area contributed by atoms with E-state index in [0.717, 1.165) is 12.8 Å². The fourth-order valence-electron chi connectivity index (χ4n) is 1.54. The van der Waals surface area contributed by atoms with Crippen molar-refractivity contribution in [3.8, 4) is 0 Å². The summed E-state index contributed by atoms with van der Waals surface area (Å²) in [6, 6.07) is 10.1. The molecule has 1 rings (SSSR count). The molecule has 0 aromatic heterocycles. The molecular formula is C14H18O. The van der Waals surface area contributed by atoms with E-state index in [0.29, 0.717) is 12.2 Å². The van der Waals surface area contributed by atoms with Crippen LogP contribution in [0.3, 0.4) is 0 Å². The fraction of sp³-hybridized carbons (Fsp3) is 0.357. The molecule has 0 radical (unpaired) electrons. The molecule has 0 saturated heterocycles. The number of aryl methyl sites for hydroxylation is 1. The summed E-state index contributed by atoms with van der Waals surface area (Å²) in [5.74, 6) is 0.449. The Balaban J connectivity index is 2.37. The summed E-state index contributed by atoms with van der Waals surface area (Å²) in [6.07, 6.45) is 4.08. The first kappa shape index (κ1) is 11.7. The summed E-state index contributed by atoms with van der Waals surface area (Å²) < 4.78 is 0. The second kappa shape index (κ2) is 6.18. The highest BCUT2D eigenvalue weighted by Crippen LogP contribution is 2.10. The van der Waals surface area contributed by atoms with Gasteiger partial charge in [-0.1, -0.05) is 43.3 Å². The van der Waals surface area contributed by atoms with Crippen LogP contribution >= 0.6 is 0 Å². The van der Waals surface area contributed by atoms with E-state index >= 15 is 0 Å². The lowest BCUT2D eigenvalue weighted by molar-refractivity contribution is -0.122. The van der Waals surface area contributed by atoms with Crippen LogP contribution in [0.4, 0.5) is 0 Å². The number of benzene rings is 1. The molecule has 0 aliphatic heterocycles. The number of carbonyl (C=O) groups is 1. The van der Waals surface area contributed by atoms with Gasteiger partial charge < -0.3 is 0 Å². The van der Waals surface area contributed by atoms with Crippen LogP contribution in [-0.4, -0.2) is 5.78 Å². The number of Topliss-reactive ketones (excluding diaryl/α,β-unsaturated/α-hetero) is 1. The Kier molecular flexibility index (Phi) is 4.82. The van der Waals surface area contributed by atoms with Gasteiger partial charge >= 0.3 is 0 Å². The van der Waals surface area contributed by atoms with E-state index < -0.39 is 0 Å². The third-order valence-electron chi connectivity index (χ3n) is 2.57. The van der Waals surface area contributed by atoms with Gasteiger partial charge in [0.05, 0.1) is 0 Å². The fourth-order valence-corrected chi connectivity index (χ4v) is 1.54. The second-order valence-electron chi connectivity index (χ2n) is 3.88. The molecule has 0 aliphatic carbocycles. The SMILES string of the molecule is C=CCC(C)C(=O)CCc1ccccc1. The van der Waals surface area contributed by atoms with Crippen molar-refractivity contribution in [3.05, 3.63) is 48.6 Å². The molecule has 0 amide bonds. The van der Waals surface area contributed by atoms with Crippen molar-refractivity contribution >= 4 is 5.78 Å². The van der Waals surface area contributed by atoms with Crippen molar-refractivity contribution < 1.29 is 4.79 Å². The van der Waals surface area contributed by atoms with E-state index in [-0.39, 0.29) is 5.92 Å². The van der Waals surface area contributed by atoms with Gasteiger partial charge in [-0.15, -0.1) is 6.58 Å². The van der Waals surface area contributed by atoms with E-state index in [9.17, 15) is 4.79 Å². The molecule has 1 atom stereocenters. The third kappa shape index (κ3) is 4.11. The molecular weight excluding hydrogens is 184 g/mol. The van der Waals surface area contributed by atoms with Crippen molar-refractivity contribution in [3.63, 3.8) is 0 Å². The number of hydrogen-bond donors (Lipinski definition) is 0. The lowest BCUT2D eigenvalue weighted by Gasteiger charge is -2.07. The van der Waals surface area contributed by atoms with Crippen molar-refractivity contribution in [1.29, 1.82) is 0 Å². The zero-order valence-electron chi connectivity index (χ0n) is 9.28. The summed E-state index contributed by atoms with van der Waals surface area (Å²) in [5, 5.41) is 0. The van der Waals surface area contributed by atoms with Gasteiger partial charge in [-0.2, -0.15) is 0 Å². The molecule has 0 aliphatic rings. The van der Waals surface area contributed by atoms with Gasteiger partial charge in [-0.05, 0) is 18.4 Å². The normalized spacial score (nSPS) is 12.1. The molecule has 1 aromatic rings. The number of carbonyl (C=O) groups excluding carboxylic acids is 1. The van der Waals surface area contributed by atoms with Gasteiger partial charge in [0.2, 0.25) is 0 Å². The minimum absolute atomic E-state index is 0.117. The highest BCUT2D eigenvalue weighted by Gasteiger charge is 2.10. The molecule has 0 spiro atoms. The topological polar surface area (TPSA) is 17.1 Å².